The number of nitrogens with one attached hydrogen (secondary N) is 1. The standard InChI is InChI=1S/C14H14N2O3/c17-13-7-3-6-12-14(13,8-9-15-12)10-4-1-2-5-11(10)16(18)19/h1-5,7,12,15H,6,8-9H2/t12-,14+/m0/s1. The van der Waals surface area contributed by atoms with Crippen molar-refractivity contribution in [2.45, 2.75) is 24.3 Å². The van der Waals surface area contributed by atoms with E-state index in [1.165, 1.54) is 6.07 Å². The van der Waals surface area contributed by atoms with E-state index in [0.717, 1.165) is 6.42 Å². The summed E-state index contributed by atoms with van der Waals surface area (Å²) in [5.74, 6) is -0.0250. The first-order chi connectivity index (χ1) is 9.16. The number of carbonyl (C=O) groups is 1. The molecule has 1 aliphatic heterocycles. The van der Waals surface area contributed by atoms with Gasteiger partial charge in [-0.1, -0.05) is 24.3 Å². The number of nitro groups is 1. The van der Waals surface area contributed by atoms with E-state index in [1.807, 2.05) is 6.08 Å². The van der Waals surface area contributed by atoms with Crippen LogP contribution in [0.1, 0.15) is 18.4 Å². The van der Waals surface area contributed by atoms with Gasteiger partial charge in [0.1, 0.15) is 0 Å². The van der Waals surface area contributed by atoms with Crippen LogP contribution in [0.4, 0.5) is 5.69 Å². The Morgan fingerprint density at radius 3 is 2.95 bits per heavy atom. The van der Waals surface area contributed by atoms with Gasteiger partial charge in [-0.25, -0.2) is 0 Å². The van der Waals surface area contributed by atoms with Gasteiger partial charge >= 0.3 is 0 Å². The van der Waals surface area contributed by atoms with Gasteiger partial charge in [-0.15, -0.1) is 0 Å². The van der Waals surface area contributed by atoms with Crippen LogP contribution in [0.2, 0.25) is 0 Å². The van der Waals surface area contributed by atoms with Crippen molar-refractivity contribution in [3.8, 4) is 0 Å². The molecular weight excluding hydrogens is 244 g/mol. The molecule has 98 valence electrons. The lowest BCUT2D eigenvalue weighted by molar-refractivity contribution is -0.386. The molecule has 1 heterocycles. The van der Waals surface area contributed by atoms with Crippen LogP contribution in [0.5, 0.6) is 0 Å². The predicted molar refractivity (Wildman–Crippen MR) is 69.9 cm³/mol. The molecule has 0 spiro atoms. The Labute approximate surface area is 110 Å². The quantitative estimate of drug-likeness (QED) is 0.647. The Hall–Kier alpha value is -2.01. The van der Waals surface area contributed by atoms with Gasteiger partial charge in [0.15, 0.2) is 5.78 Å². The summed E-state index contributed by atoms with van der Waals surface area (Å²) in [4.78, 5) is 23.2. The number of nitro benzene ring substituents is 1. The molecule has 3 rings (SSSR count). The molecule has 5 nitrogen and oxygen atoms in total. The number of hydrogen-bond acceptors (Lipinski definition) is 4. The van der Waals surface area contributed by atoms with Gasteiger partial charge in [-0.3, -0.25) is 14.9 Å². The molecule has 0 amide bonds. The summed E-state index contributed by atoms with van der Waals surface area (Å²) < 4.78 is 0. The molecule has 0 saturated carbocycles. The summed E-state index contributed by atoms with van der Waals surface area (Å²) in [5.41, 5.74) is -0.178. The Bertz CT molecular complexity index is 582. The van der Waals surface area contributed by atoms with Crippen LogP contribution in [-0.4, -0.2) is 23.3 Å². The van der Waals surface area contributed by atoms with Crippen LogP contribution in [0.3, 0.4) is 0 Å². The monoisotopic (exact) mass is 258 g/mol. The largest absolute Gasteiger partial charge is 0.312 e. The maximum absolute atomic E-state index is 12.4. The topological polar surface area (TPSA) is 72.2 Å². The number of ketones is 1. The van der Waals surface area contributed by atoms with Crippen LogP contribution in [-0.2, 0) is 10.2 Å². The van der Waals surface area contributed by atoms with E-state index in [-0.39, 0.29) is 17.5 Å². The molecule has 0 radical (unpaired) electrons. The normalized spacial score (nSPS) is 29.3. The number of rotatable bonds is 2. The third-order valence-corrected chi connectivity index (χ3v) is 4.17. The first kappa shape index (κ1) is 12.0. The number of benzene rings is 1. The van der Waals surface area contributed by atoms with E-state index in [9.17, 15) is 14.9 Å². The van der Waals surface area contributed by atoms with E-state index >= 15 is 0 Å². The van der Waals surface area contributed by atoms with Crippen LogP contribution in [0.15, 0.2) is 36.4 Å². The molecule has 1 aliphatic carbocycles. The molecule has 2 aliphatic rings. The van der Waals surface area contributed by atoms with Crippen molar-refractivity contribution in [2.75, 3.05) is 6.54 Å². The molecule has 0 aromatic heterocycles. The van der Waals surface area contributed by atoms with Gasteiger partial charge in [-0.2, -0.15) is 0 Å². The lowest BCUT2D eigenvalue weighted by Gasteiger charge is -2.34. The molecule has 1 N–H and O–H groups in total. The minimum Gasteiger partial charge on any atom is -0.312 e. The van der Waals surface area contributed by atoms with Gasteiger partial charge in [0.2, 0.25) is 0 Å². The molecule has 2 atom stereocenters. The van der Waals surface area contributed by atoms with Gasteiger partial charge < -0.3 is 5.32 Å². The average molecular weight is 258 g/mol. The van der Waals surface area contributed by atoms with Crippen molar-refractivity contribution in [3.05, 3.63) is 52.1 Å². The average Bonchev–Trinajstić information content (AvgIpc) is 2.85. The molecule has 1 aromatic rings. The van der Waals surface area contributed by atoms with Crippen molar-refractivity contribution in [1.29, 1.82) is 0 Å². The van der Waals surface area contributed by atoms with Crippen molar-refractivity contribution >= 4 is 11.5 Å². The first-order valence-corrected chi connectivity index (χ1v) is 6.34. The second kappa shape index (κ2) is 4.28. The molecule has 0 bridgehead atoms. The molecule has 1 aromatic carbocycles. The number of allylic oxidation sites excluding steroid dienone is 1. The summed E-state index contributed by atoms with van der Waals surface area (Å²) in [5, 5.41) is 14.5. The Kier molecular flexibility index (Phi) is 2.71. The van der Waals surface area contributed by atoms with E-state index in [1.54, 1.807) is 24.3 Å². The predicted octanol–water partition coefficient (Wildman–Crippen LogP) is 1.72. The fourth-order valence-electron chi connectivity index (χ4n) is 3.30. The maximum atomic E-state index is 12.4. The number of fused-ring (bicyclic) bond motifs is 1. The third kappa shape index (κ3) is 1.62. The second-order valence-electron chi connectivity index (χ2n) is 5.00. The highest BCUT2D eigenvalue weighted by Gasteiger charge is 2.52. The maximum Gasteiger partial charge on any atom is 0.273 e. The molecule has 5 heteroatoms. The number of carbonyl (C=O) groups excluding carboxylic acids is 1. The van der Waals surface area contributed by atoms with Crippen LogP contribution in [0.25, 0.3) is 0 Å². The van der Waals surface area contributed by atoms with Crippen molar-refractivity contribution in [3.63, 3.8) is 0 Å². The molecular formula is C14H14N2O3. The summed E-state index contributed by atoms with van der Waals surface area (Å²) in [6.45, 7) is 0.712. The SMILES string of the molecule is O=C1C=CC[C@@H]2NCC[C@]12c1ccccc1[N+](=O)[O-]. The summed E-state index contributed by atoms with van der Waals surface area (Å²) in [6.07, 6.45) is 4.77. The fourth-order valence-corrected chi connectivity index (χ4v) is 3.30. The van der Waals surface area contributed by atoms with Crippen molar-refractivity contribution in [1.82, 2.24) is 5.32 Å². The lowest BCUT2D eigenvalue weighted by atomic mass is 9.67. The zero-order valence-electron chi connectivity index (χ0n) is 10.3. The molecule has 0 unspecified atom stereocenters. The molecule has 1 fully saturated rings. The molecule has 1 saturated heterocycles. The number of hydrogen-bond donors (Lipinski definition) is 1. The highest BCUT2D eigenvalue weighted by Crippen LogP contribution is 2.44. The smallest absolute Gasteiger partial charge is 0.273 e. The Balaban J connectivity index is 2.21. The van der Waals surface area contributed by atoms with E-state index < -0.39 is 10.3 Å². The van der Waals surface area contributed by atoms with Gasteiger partial charge in [-0.05, 0) is 25.5 Å². The van der Waals surface area contributed by atoms with Gasteiger partial charge in [0, 0.05) is 17.7 Å². The summed E-state index contributed by atoms with van der Waals surface area (Å²) in [7, 11) is 0. The highest BCUT2D eigenvalue weighted by molar-refractivity contribution is 6.01. The third-order valence-electron chi connectivity index (χ3n) is 4.17. The van der Waals surface area contributed by atoms with E-state index in [2.05, 4.69) is 5.32 Å². The Morgan fingerprint density at radius 1 is 1.37 bits per heavy atom. The zero-order valence-corrected chi connectivity index (χ0v) is 10.3. The highest BCUT2D eigenvalue weighted by atomic mass is 16.6. The minimum atomic E-state index is -0.765. The van der Waals surface area contributed by atoms with Gasteiger partial charge in [0.25, 0.3) is 5.69 Å². The van der Waals surface area contributed by atoms with Crippen LogP contribution in [0, 0.1) is 10.1 Å². The number of para-hydroxylation sites is 1. The lowest BCUT2D eigenvalue weighted by Crippen LogP contribution is -2.48. The van der Waals surface area contributed by atoms with E-state index in [4.69, 9.17) is 0 Å². The zero-order chi connectivity index (χ0) is 13.5. The number of nitrogens with zero attached hydrogens (tertiary/aromatic N) is 1. The molecule has 19 heavy (non-hydrogen) atoms. The second-order valence-corrected chi connectivity index (χ2v) is 5.00. The van der Waals surface area contributed by atoms with Crippen LogP contribution >= 0.6 is 0 Å². The van der Waals surface area contributed by atoms with Gasteiger partial charge in [0.05, 0.1) is 10.3 Å². The fraction of sp³-hybridized carbons (Fsp3) is 0.357. The Morgan fingerprint density at radius 2 is 2.16 bits per heavy atom. The first-order valence-electron chi connectivity index (χ1n) is 6.34. The van der Waals surface area contributed by atoms with Crippen LogP contribution < -0.4 is 5.32 Å². The minimum absolute atomic E-state index is 0.0250. The summed E-state index contributed by atoms with van der Waals surface area (Å²) in [6, 6.07) is 6.56. The van der Waals surface area contributed by atoms with Crippen molar-refractivity contribution in [2.24, 2.45) is 0 Å². The van der Waals surface area contributed by atoms with E-state index in [0.29, 0.717) is 18.5 Å². The van der Waals surface area contributed by atoms with Crippen molar-refractivity contribution < 1.29 is 9.72 Å². The summed E-state index contributed by atoms with van der Waals surface area (Å²) >= 11 is 0.